The maximum absolute atomic E-state index is 10.2. The second-order valence-electron chi connectivity index (χ2n) is 7.82. The van der Waals surface area contributed by atoms with Gasteiger partial charge in [-0.3, -0.25) is 5.10 Å². The van der Waals surface area contributed by atoms with Crippen LogP contribution in [0.5, 0.6) is 5.75 Å². The van der Waals surface area contributed by atoms with Crippen LogP contribution in [0.3, 0.4) is 0 Å². The van der Waals surface area contributed by atoms with Crippen LogP contribution in [0.1, 0.15) is 11.3 Å². The number of nitrogens with zero attached hydrogens (tertiary/aromatic N) is 4. The number of aromatic amines is 1. The third-order valence-corrected chi connectivity index (χ3v) is 6.49. The Morgan fingerprint density at radius 1 is 1.09 bits per heavy atom. The van der Waals surface area contributed by atoms with Gasteiger partial charge < -0.3 is 15.3 Å². The summed E-state index contributed by atoms with van der Waals surface area (Å²) in [4.78, 5) is 7.06. The summed E-state index contributed by atoms with van der Waals surface area (Å²) in [5.74, 6) is 0.132. The van der Waals surface area contributed by atoms with Gasteiger partial charge in [-0.2, -0.15) is 10.4 Å². The van der Waals surface area contributed by atoms with Crippen molar-refractivity contribution in [2.24, 2.45) is 0 Å². The SMILES string of the molecule is Cc1[nH]nc2nc(-c3ccc(O)c(Br)c3)c(C#N)c(-c3ccc(N4CCNCC4)cc3)c12. The van der Waals surface area contributed by atoms with Crippen molar-refractivity contribution < 1.29 is 5.11 Å². The van der Waals surface area contributed by atoms with Crippen LogP contribution in [0.25, 0.3) is 33.4 Å². The molecule has 2 aromatic heterocycles. The summed E-state index contributed by atoms with van der Waals surface area (Å²) in [7, 11) is 0. The summed E-state index contributed by atoms with van der Waals surface area (Å²) in [5.41, 5.74) is 6.10. The molecule has 0 spiro atoms. The average molecular weight is 489 g/mol. The third kappa shape index (κ3) is 3.49. The van der Waals surface area contributed by atoms with Crippen LogP contribution in [-0.4, -0.2) is 46.5 Å². The fourth-order valence-electron chi connectivity index (χ4n) is 4.22. The van der Waals surface area contributed by atoms with Gasteiger partial charge in [0, 0.05) is 48.7 Å². The van der Waals surface area contributed by atoms with E-state index < -0.39 is 0 Å². The number of aromatic nitrogens is 3. The number of phenols is 1. The highest BCUT2D eigenvalue weighted by Crippen LogP contribution is 2.39. The van der Waals surface area contributed by atoms with E-state index in [9.17, 15) is 10.4 Å². The van der Waals surface area contributed by atoms with Gasteiger partial charge in [-0.25, -0.2) is 4.98 Å². The van der Waals surface area contributed by atoms with E-state index >= 15 is 0 Å². The molecule has 0 unspecified atom stereocenters. The van der Waals surface area contributed by atoms with E-state index in [2.05, 4.69) is 66.7 Å². The van der Waals surface area contributed by atoms with Crippen LogP contribution in [0.4, 0.5) is 5.69 Å². The molecule has 32 heavy (non-hydrogen) atoms. The highest BCUT2D eigenvalue weighted by atomic mass is 79.9. The fraction of sp³-hybridized carbons (Fsp3) is 0.208. The summed E-state index contributed by atoms with van der Waals surface area (Å²) in [6.45, 7) is 5.84. The number of nitriles is 1. The maximum atomic E-state index is 10.2. The number of benzene rings is 2. The minimum atomic E-state index is 0.132. The number of rotatable bonds is 3. The third-order valence-electron chi connectivity index (χ3n) is 5.85. The molecule has 0 radical (unpaired) electrons. The Morgan fingerprint density at radius 2 is 1.81 bits per heavy atom. The lowest BCUT2D eigenvalue weighted by Crippen LogP contribution is -2.43. The first kappa shape index (κ1) is 20.5. The first-order chi connectivity index (χ1) is 15.6. The molecule has 1 saturated heterocycles. The van der Waals surface area contributed by atoms with Gasteiger partial charge >= 0.3 is 0 Å². The van der Waals surface area contributed by atoms with Crippen LogP contribution in [0.15, 0.2) is 46.9 Å². The molecule has 2 aromatic carbocycles. The number of hydrogen-bond donors (Lipinski definition) is 3. The van der Waals surface area contributed by atoms with Crippen LogP contribution < -0.4 is 10.2 Å². The highest BCUT2D eigenvalue weighted by molar-refractivity contribution is 9.10. The minimum Gasteiger partial charge on any atom is -0.507 e. The van der Waals surface area contributed by atoms with E-state index in [0.717, 1.165) is 53.9 Å². The lowest BCUT2D eigenvalue weighted by Gasteiger charge is -2.29. The monoisotopic (exact) mass is 488 g/mol. The van der Waals surface area contributed by atoms with Crippen molar-refractivity contribution in [2.45, 2.75) is 6.92 Å². The summed E-state index contributed by atoms with van der Waals surface area (Å²) in [6, 6.07) is 15.8. The molecule has 160 valence electrons. The Kier molecular flexibility index (Phi) is 5.29. The zero-order valence-electron chi connectivity index (χ0n) is 17.5. The first-order valence-electron chi connectivity index (χ1n) is 10.4. The molecule has 0 amide bonds. The van der Waals surface area contributed by atoms with Crippen LogP contribution >= 0.6 is 15.9 Å². The van der Waals surface area contributed by atoms with Crippen molar-refractivity contribution in [3.8, 4) is 34.2 Å². The zero-order valence-corrected chi connectivity index (χ0v) is 19.1. The van der Waals surface area contributed by atoms with E-state index in [4.69, 9.17) is 4.98 Å². The molecule has 8 heteroatoms. The fourth-order valence-corrected chi connectivity index (χ4v) is 4.60. The van der Waals surface area contributed by atoms with Crippen molar-refractivity contribution in [3.63, 3.8) is 0 Å². The molecule has 7 nitrogen and oxygen atoms in total. The average Bonchev–Trinajstić information content (AvgIpc) is 3.20. The summed E-state index contributed by atoms with van der Waals surface area (Å²) < 4.78 is 0.543. The summed E-state index contributed by atoms with van der Waals surface area (Å²) >= 11 is 3.36. The predicted molar refractivity (Wildman–Crippen MR) is 129 cm³/mol. The zero-order chi connectivity index (χ0) is 22.2. The Balaban J connectivity index is 1.70. The number of hydrogen-bond acceptors (Lipinski definition) is 6. The van der Waals surface area contributed by atoms with E-state index in [1.165, 1.54) is 5.69 Å². The molecule has 0 saturated carbocycles. The Hall–Kier alpha value is -3.41. The number of phenolic OH excluding ortho intramolecular Hbond substituents is 1. The van der Waals surface area contributed by atoms with Gasteiger partial charge in [0.05, 0.1) is 21.1 Å². The predicted octanol–water partition coefficient (Wildman–Crippen LogP) is 4.35. The molecule has 1 aliphatic rings. The second kappa shape index (κ2) is 8.26. The molecule has 5 rings (SSSR count). The van der Waals surface area contributed by atoms with Crippen molar-refractivity contribution in [1.29, 1.82) is 5.26 Å². The van der Waals surface area contributed by atoms with Gasteiger partial charge in [-0.15, -0.1) is 0 Å². The number of nitrogens with one attached hydrogen (secondary N) is 2. The molecular formula is C24H21BrN6O. The van der Waals surface area contributed by atoms with Crippen LogP contribution in [0.2, 0.25) is 0 Å². The molecular weight excluding hydrogens is 468 g/mol. The molecule has 3 heterocycles. The van der Waals surface area contributed by atoms with E-state index in [-0.39, 0.29) is 5.75 Å². The Bertz CT molecular complexity index is 1350. The Labute approximate surface area is 193 Å². The number of piperazine rings is 1. The first-order valence-corrected chi connectivity index (χ1v) is 11.2. The molecule has 0 atom stereocenters. The topological polar surface area (TPSA) is 101 Å². The number of halogens is 1. The quantitative estimate of drug-likeness (QED) is 0.396. The molecule has 0 bridgehead atoms. The van der Waals surface area contributed by atoms with Gasteiger partial charge in [-0.05, 0) is 58.7 Å². The number of aryl methyl sites for hydroxylation is 1. The molecule has 0 aliphatic carbocycles. The summed E-state index contributed by atoms with van der Waals surface area (Å²) in [5, 5.41) is 31.7. The normalized spacial score (nSPS) is 14.0. The van der Waals surface area contributed by atoms with Gasteiger partial charge in [-0.1, -0.05) is 12.1 Å². The van der Waals surface area contributed by atoms with Crippen molar-refractivity contribution in [2.75, 3.05) is 31.1 Å². The number of pyridine rings is 1. The van der Waals surface area contributed by atoms with E-state index in [1.807, 2.05) is 6.92 Å². The standard InChI is InChI=1S/C24H21BrN6O/c1-14-21-22(15-2-5-17(6-3-15)31-10-8-27-9-11-31)18(13-26)23(28-24(21)30-29-14)16-4-7-20(32)19(25)12-16/h2-7,12,27,32H,8-11H2,1H3,(H,28,29,30). The highest BCUT2D eigenvalue weighted by Gasteiger charge is 2.22. The number of aromatic hydroxyl groups is 1. The molecule has 3 N–H and O–H groups in total. The Morgan fingerprint density at radius 3 is 2.50 bits per heavy atom. The second-order valence-corrected chi connectivity index (χ2v) is 8.67. The molecule has 1 aliphatic heterocycles. The largest absolute Gasteiger partial charge is 0.507 e. The van der Waals surface area contributed by atoms with Crippen molar-refractivity contribution in [1.82, 2.24) is 20.5 Å². The van der Waals surface area contributed by atoms with Crippen LogP contribution in [-0.2, 0) is 0 Å². The maximum Gasteiger partial charge on any atom is 0.182 e. The van der Waals surface area contributed by atoms with Crippen molar-refractivity contribution in [3.05, 3.63) is 58.2 Å². The molecule has 4 aromatic rings. The number of H-pyrrole nitrogens is 1. The minimum absolute atomic E-state index is 0.132. The smallest absolute Gasteiger partial charge is 0.182 e. The molecule has 1 fully saturated rings. The van der Waals surface area contributed by atoms with Gasteiger partial charge in [0.25, 0.3) is 0 Å². The number of fused-ring (bicyclic) bond motifs is 1. The van der Waals surface area contributed by atoms with Gasteiger partial charge in [0.2, 0.25) is 0 Å². The van der Waals surface area contributed by atoms with Gasteiger partial charge in [0.1, 0.15) is 11.8 Å². The summed E-state index contributed by atoms with van der Waals surface area (Å²) in [6.07, 6.45) is 0. The van der Waals surface area contributed by atoms with E-state index in [1.54, 1.807) is 18.2 Å². The van der Waals surface area contributed by atoms with E-state index in [0.29, 0.717) is 21.4 Å². The van der Waals surface area contributed by atoms with Gasteiger partial charge in [0.15, 0.2) is 5.65 Å². The number of anilines is 1. The van der Waals surface area contributed by atoms with Crippen LogP contribution in [0, 0.1) is 18.3 Å². The van der Waals surface area contributed by atoms with Crippen molar-refractivity contribution >= 4 is 32.7 Å². The lowest BCUT2D eigenvalue weighted by molar-refractivity contribution is 0.472. The lowest BCUT2D eigenvalue weighted by atomic mass is 9.93.